The smallest absolute Gasteiger partial charge is 0.307 e. The van der Waals surface area contributed by atoms with Gasteiger partial charge in [-0.3, -0.25) is 10.2 Å². The number of guanidine groups is 1. The third kappa shape index (κ3) is 7.45. The molecule has 136 valence electrons. The number of carbonyl (C=O) groups excluding carboxylic acids is 1. The van der Waals surface area contributed by atoms with Crippen molar-refractivity contribution in [1.29, 1.82) is 5.41 Å². The molecule has 0 aliphatic heterocycles. The maximum Gasteiger partial charge on any atom is 0.307 e. The summed E-state index contributed by atoms with van der Waals surface area (Å²) in [6.45, 7) is 6.73. The van der Waals surface area contributed by atoms with Gasteiger partial charge in [-0.15, -0.1) is 0 Å². The maximum absolute atomic E-state index is 11.8. The van der Waals surface area contributed by atoms with E-state index in [0.29, 0.717) is 25.3 Å². The summed E-state index contributed by atoms with van der Waals surface area (Å²) in [4.78, 5) is 15.8. The molecule has 6 nitrogen and oxygen atoms in total. The minimum absolute atomic E-state index is 0.0825. The fourth-order valence-corrected chi connectivity index (χ4v) is 3.10. The highest BCUT2D eigenvalue weighted by Crippen LogP contribution is 2.41. The van der Waals surface area contributed by atoms with E-state index in [1.165, 1.54) is 5.57 Å². The number of nitrogens with one attached hydrogen (secondary N) is 2. The van der Waals surface area contributed by atoms with Crippen molar-refractivity contribution in [2.45, 2.75) is 32.6 Å². The Kier molecular flexibility index (Phi) is 9.43. The number of carbonyl (C=O) groups is 1. The van der Waals surface area contributed by atoms with Gasteiger partial charge in [0.05, 0.1) is 5.16 Å². The Bertz CT molecular complexity index is 606. The quantitative estimate of drug-likeness (QED) is 0.139. The normalized spacial score (nSPS) is 19.4. The topological polar surface area (TPSA) is 101 Å². The lowest BCUT2D eigenvalue weighted by Gasteiger charge is -2.22. The molecule has 0 bridgehead atoms. The zero-order valence-electron chi connectivity index (χ0n) is 14.6. The highest BCUT2D eigenvalue weighted by Gasteiger charge is 2.31. The van der Waals surface area contributed by atoms with E-state index in [0.717, 1.165) is 18.4 Å². The van der Waals surface area contributed by atoms with E-state index >= 15 is 0 Å². The third-order valence-corrected chi connectivity index (χ3v) is 4.24. The summed E-state index contributed by atoms with van der Waals surface area (Å²) in [5, 5.41) is 11.8. The van der Waals surface area contributed by atoms with E-state index in [-0.39, 0.29) is 24.6 Å². The van der Waals surface area contributed by atoms with Crippen LogP contribution in [-0.4, -0.2) is 30.4 Å². The Hall–Kier alpha value is -2.24. The lowest BCUT2D eigenvalue weighted by molar-refractivity contribution is -0.144. The van der Waals surface area contributed by atoms with Gasteiger partial charge in [0.15, 0.2) is 12.7 Å². The molecule has 0 fully saturated rings. The van der Waals surface area contributed by atoms with Crippen LogP contribution in [0.3, 0.4) is 0 Å². The average molecular weight is 362 g/mol. The van der Waals surface area contributed by atoms with Crippen LogP contribution in [0.25, 0.3) is 0 Å². The van der Waals surface area contributed by atoms with Gasteiger partial charge in [-0.2, -0.15) is 0 Å². The summed E-state index contributed by atoms with van der Waals surface area (Å²) in [5.41, 5.74) is 7.43. The van der Waals surface area contributed by atoms with E-state index in [1.807, 2.05) is 13.0 Å². The second-order valence-electron chi connectivity index (χ2n) is 5.84. The first kappa shape index (κ1) is 20.8. The number of allylic oxidation sites excluding steroid dienone is 5. The molecule has 7 heteroatoms. The average Bonchev–Trinajstić information content (AvgIpc) is 2.84. The molecule has 2 unspecified atom stereocenters. The largest absolute Gasteiger partial charge is 0.444 e. The van der Waals surface area contributed by atoms with Crippen LogP contribution < -0.4 is 11.1 Å². The maximum atomic E-state index is 11.8. The first-order valence-corrected chi connectivity index (χ1v) is 8.70. The predicted molar refractivity (Wildman–Crippen MR) is 103 cm³/mol. The first-order valence-electron chi connectivity index (χ1n) is 8.29. The molecule has 0 radical (unpaired) electrons. The highest BCUT2D eigenvalue weighted by atomic mass is 32.1. The Morgan fingerprint density at radius 1 is 1.56 bits per heavy atom. The lowest BCUT2D eigenvalue weighted by Crippen LogP contribution is -2.33. The molecular formula is C18H26N4O2S. The summed E-state index contributed by atoms with van der Waals surface area (Å²) in [6, 6.07) is 0. The third-order valence-electron chi connectivity index (χ3n) is 4.11. The monoisotopic (exact) mass is 362 g/mol. The highest BCUT2D eigenvalue weighted by molar-refractivity contribution is 7.78. The molecule has 1 aliphatic rings. The zero-order valence-corrected chi connectivity index (χ0v) is 15.4. The summed E-state index contributed by atoms with van der Waals surface area (Å²) in [5.74, 6) is 0.00412. The number of esters is 1. The molecule has 0 spiro atoms. The van der Waals surface area contributed by atoms with E-state index in [2.05, 4.69) is 46.4 Å². The van der Waals surface area contributed by atoms with Gasteiger partial charge in [0.2, 0.25) is 0 Å². The van der Waals surface area contributed by atoms with Gasteiger partial charge in [0, 0.05) is 13.0 Å². The van der Waals surface area contributed by atoms with E-state index in [9.17, 15) is 4.79 Å². The molecule has 0 aromatic heterocycles. The minimum Gasteiger partial charge on any atom is -0.444 e. The van der Waals surface area contributed by atoms with Crippen molar-refractivity contribution in [3.05, 3.63) is 36.0 Å². The van der Waals surface area contributed by atoms with Gasteiger partial charge in [-0.25, -0.2) is 4.99 Å². The standard InChI is InChI=1S/C18H26N4O2S/c1-3-5-14-10-13(2)15(16(14)6-4-9-21-12-25)7-8-17(23)24-11-22-18(19)20/h3,5,10,15-16H,2,4,6-9,11H2,1H3,(H4,19,20,22)/b5-3-. The Labute approximate surface area is 154 Å². The minimum atomic E-state index is -0.315. The van der Waals surface area contributed by atoms with Crippen molar-refractivity contribution in [2.24, 2.45) is 22.6 Å². The Morgan fingerprint density at radius 3 is 2.96 bits per heavy atom. The molecule has 25 heavy (non-hydrogen) atoms. The number of aliphatic imine (C=N–C) groups is 1. The number of rotatable bonds is 10. The van der Waals surface area contributed by atoms with Gasteiger partial charge in [-0.05, 0) is 55.8 Å². The molecule has 2 atom stereocenters. The summed E-state index contributed by atoms with van der Waals surface area (Å²) >= 11 is 4.60. The lowest BCUT2D eigenvalue weighted by atomic mass is 9.82. The molecule has 0 aromatic carbocycles. The van der Waals surface area contributed by atoms with Crippen LogP contribution in [0, 0.1) is 17.2 Å². The van der Waals surface area contributed by atoms with Gasteiger partial charge in [-0.1, -0.05) is 30.4 Å². The van der Waals surface area contributed by atoms with E-state index < -0.39 is 0 Å². The molecule has 0 amide bonds. The zero-order chi connectivity index (χ0) is 18.7. The fourth-order valence-electron chi connectivity index (χ4n) is 3.01. The van der Waals surface area contributed by atoms with Crippen molar-refractivity contribution in [3.63, 3.8) is 0 Å². The number of isothiocyanates is 1. The fraction of sp³-hybridized carbons (Fsp3) is 0.500. The number of hydrogen-bond acceptors (Lipinski definition) is 5. The van der Waals surface area contributed by atoms with Crippen LogP contribution in [0.15, 0.2) is 40.9 Å². The van der Waals surface area contributed by atoms with Crippen molar-refractivity contribution in [1.82, 2.24) is 5.32 Å². The van der Waals surface area contributed by atoms with Crippen molar-refractivity contribution in [3.8, 4) is 0 Å². The van der Waals surface area contributed by atoms with Crippen LogP contribution in [-0.2, 0) is 9.53 Å². The molecule has 0 heterocycles. The van der Waals surface area contributed by atoms with Crippen LogP contribution >= 0.6 is 12.2 Å². The number of nitrogens with zero attached hydrogens (tertiary/aromatic N) is 1. The molecule has 0 saturated carbocycles. The summed E-state index contributed by atoms with van der Waals surface area (Å²) in [7, 11) is 0. The van der Waals surface area contributed by atoms with Crippen LogP contribution in [0.2, 0.25) is 0 Å². The molecular weight excluding hydrogens is 336 g/mol. The molecule has 4 N–H and O–H groups in total. The van der Waals surface area contributed by atoms with Gasteiger partial charge in [0.25, 0.3) is 0 Å². The van der Waals surface area contributed by atoms with Gasteiger partial charge < -0.3 is 15.8 Å². The van der Waals surface area contributed by atoms with E-state index in [4.69, 9.17) is 15.9 Å². The number of ether oxygens (including phenoxy) is 1. The van der Waals surface area contributed by atoms with Crippen molar-refractivity contribution in [2.75, 3.05) is 13.3 Å². The number of thiocarbonyl (C=S) groups is 1. The Morgan fingerprint density at radius 2 is 2.32 bits per heavy atom. The van der Waals surface area contributed by atoms with Gasteiger partial charge in [0.1, 0.15) is 0 Å². The SMILES string of the molecule is C=C1C=C(/C=C\C)C(CCCN=C=S)C1CCC(=O)OCNC(=N)N. The summed E-state index contributed by atoms with van der Waals surface area (Å²) < 4.78 is 5.00. The predicted octanol–water partition coefficient (Wildman–Crippen LogP) is 2.94. The van der Waals surface area contributed by atoms with Crippen LogP contribution in [0.4, 0.5) is 0 Å². The first-order chi connectivity index (χ1) is 12.0. The van der Waals surface area contributed by atoms with Crippen molar-refractivity contribution < 1.29 is 9.53 Å². The number of hydrogen-bond donors (Lipinski definition) is 3. The second kappa shape index (κ2) is 11.3. The molecule has 0 saturated heterocycles. The number of nitrogens with two attached hydrogens (primary N) is 1. The Balaban J connectivity index is 2.58. The summed E-state index contributed by atoms with van der Waals surface area (Å²) in [6.07, 6.45) is 9.09. The van der Waals surface area contributed by atoms with Crippen molar-refractivity contribution >= 4 is 29.3 Å². The van der Waals surface area contributed by atoms with Crippen LogP contribution in [0.1, 0.15) is 32.6 Å². The van der Waals surface area contributed by atoms with E-state index in [1.54, 1.807) is 0 Å². The second-order valence-corrected chi connectivity index (χ2v) is 6.02. The molecule has 0 aromatic rings. The van der Waals surface area contributed by atoms with Gasteiger partial charge >= 0.3 is 5.97 Å². The molecule has 1 aliphatic carbocycles. The molecule has 1 rings (SSSR count). The van der Waals surface area contributed by atoms with Crippen LogP contribution in [0.5, 0.6) is 0 Å².